The summed E-state index contributed by atoms with van der Waals surface area (Å²) in [6.45, 7) is 3.99. The summed E-state index contributed by atoms with van der Waals surface area (Å²) in [6.07, 6.45) is 0. The van der Waals surface area contributed by atoms with E-state index in [9.17, 15) is 0 Å². The first-order valence-corrected chi connectivity index (χ1v) is 7.11. The summed E-state index contributed by atoms with van der Waals surface area (Å²) in [4.78, 5) is 4.53. The van der Waals surface area contributed by atoms with Crippen molar-refractivity contribution in [1.29, 1.82) is 0 Å². The Hall–Kier alpha value is -2.26. The van der Waals surface area contributed by atoms with Crippen LogP contribution < -0.4 is 11.1 Å². The molecule has 0 atom stereocenters. The van der Waals surface area contributed by atoms with Crippen LogP contribution >= 0.6 is 11.6 Å². The molecule has 0 aliphatic carbocycles. The molecular weight excluding hydrogens is 282 g/mol. The van der Waals surface area contributed by atoms with Gasteiger partial charge in [0.2, 0.25) is 0 Å². The standard InChI is InChI=1S/C17H16ClN3/c1-10-3-5-16(14(18)7-10)21-17-8-11(2)20-15-6-4-12(19)9-13(15)17/h3-9H,19H2,1-2H3,(H,20,21). The fourth-order valence-corrected chi connectivity index (χ4v) is 2.63. The lowest BCUT2D eigenvalue weighted by Gasteiger charge is -2.13. The van der Waals surface area contributed by atoms with E-state index < -0.39 is 0 Å². The summed E-state index contributed by atoms with van der Waals surface area (Å²) in [5.74, 6) is 0. The van der Waals surface area contributed by atoms with E-state index in [2.05, 4.69) is 10.3 Å². The van der Waals surface area contributed by atoms with Crippen molar-refractivity contribution in [3.8, 4) is 0 Å². The van der Waals surface area contributed by atoms with Gasteiger partial charge in [-0.05, 0) is 55.8 Å². The van der Waals surface area contributed by atoms with Crippen LogP contribution in [-0.4, -0.2) is 4.98 Å². The van der Waals surface area contributed by atoms with Crippen LogP contribution in [0, 0.1) is 13.8 Å². The Kier molecular flexibility index (Phi) is 3.43. The quantitative estimate of drug-likeness (QED) is 0.666. The zero-order chi connectivity index (χ0) is 15.0. The zero-order valence-electron chi connectivity index (χ0n) is 11.9. The van der Waals surface area contributed by atoms with E-state index in [0.717, 1.165) is 33.5 Å². The smallest absolute Gasteiger partial charge is 0.0727 e. The number of hydrogen-bond acceptors (Lipinski definition) is 3. The van der Waals surface area contributed by atoms with Gasteiger partial charge in [-0.15, -0.1) is 0 Å². The van der Waals surface area contributed by atoms with Gasteiger partial charge in [-0.25, -0.2) is 0 Å². The molecule has 3 nitrogen and oxygen atoms in total. The van der Waals surface area contributed by atoms with E-state index in [1.165, 1.54) is 0 Å². The van der Waals surface area contributed by atoms with Gasteiger partial charge in [0.05, 0.1) is 16.2 Å². The second kappa shape index (κ2) is 5.26. The number of pyridine rings is 1. The summed E-state index contributed by atoms with van der Waals surface area (Å²) >= 11 is 6.30. The molecule has 0 aliphatic heterocycles. The maximum atomic E-state index is 6.30. The average Bonchev–Trinajstić information content (AvgIpc) is 2.42. The predicted octanol–water partition coefficient (Wildman–Crippen LogP) is 4.83. The first-order chi connectivity index (χ1) is 10.0. The molecule has 0 radical (unpaired) electrons. The molecule has 0 fully saturated rings. The van der Waals surface area contributed by atoms with E-state index >= 15 is 0 Å². The molecule has 21 heavy (non-hydrogen) atoms. The molecule has 3 rings (SSSR count). The van der Waals surface area contributed by atoms with Gasteiger partial charge in [0.15, 0.2) is 0 Å². The molecule has 0 spiro atoms. The highest BCUT2D eigenvalue weighted by molar-refractivity contribution is 6.33. The summed E-state index contributed by atoms with van der Waals surface area (Å²) in [5.41, 5.74) is 11.4. The van der Waals surface area contributed by atoms with Gasteiger partial charge in [0.1, 0.15) is 0 Å². The van der Waals surface area contributed by atoms with Gasteiger partial charge in [0.25, 0.3) is 0 Å². The Morgan fingerprint density at radius 2 is 1.81 bits per heavy atom. The van der Waals surface area contributed by atoms with Crippen molar-refractivity contribution in [2.45, 2.75) is 13.8 Å². The van der Waals surface area contributed by atoms with Crippen LogP contribution in [-0.2, 0) is 0 Å². The SMILES string of the molecule is Cc1ccc(Nc2cc(C)nc3ccc(N)cc23)c(Cl)c1. The number of halogens is 1. The first-order valence-electron chi connectivity index (χ1n) is 6.73. The van der Waals surface area contributed by atoms with E-state index in [-0.39, 0.29) is 0 Å². The Labute approximate surface area is 128 Å². The molecule has 3 aromatic rings. The topological polar surface area (TPSA) is 50.9 Å². The number of hydrogen-bond donors (Lipinski definition) is 2. The van der Waals surface area contributed by atoms with Crippen LogP contribution in [0.25, 0.3) is 10.9 Å². The average molecular weight is 298 g/mol. The minimum absolute atomic E-state index is 0.696. The van der Waals surface area contributed by atoms with Gasteiger partial charge >= 0.3 is 0 Å². The van der Waals surface area contributed by atoms with E-state index in [1.54, 1.807) is 0 Å². The van der Waals surface area contributed by atoms with Gasteiger partial charge in [-0.2, -0.15) is 0 Å². The van der Waals surface area contributed by atoms with Crippen LogP contribution in [0.1, 0.15) is 11.3 Å². The minimum Gasteiger partial charge on any atom is -0.399 e. The second-order valence-corrected chi connectivity index (χ2v) is 5.60. The maximum absolute atomic E-state index is 6.30. The van der Waals surface area contributed by atoms with Crippen LogP contribution in [0.2, 0.25) is 5.02 Å². The lowest BCUT2D eigenvalue weighted by molar-refractivity contribution is 1.25. The van der Waals surface area contributed by atoms with Crippen molar-refractivity contribution in [1.82, 2.24) is 4.98 Å². The lowest BCUT2D eigenvalue weighted by atomic mass is 10.1. The third-order valence-electron chi connectivity index (χ3n) is 3.35. The molecule has 106 valence electrons. The summed E-state index contributed by atoms with van der Waals surface area (Å²) in [5, 5.41) is 5.06. The Morgan fingerprint density at radius 3 is 2.57 bits per heavy atom. The molecule has 3 N–H and O–H groups in total. The van der Waals surface area contributed by atoms with Gasteiger partial charge < -0.3 is 11.1 Å². The van der Waals surface area contributed by atoms with Crippen LogP contribution in [0.15, 0.2) is 42.5 Å². The monoisotopic (exact) mass is 297 g/mol. The first kappa shape index (κ1) is 13.7. The van der Waals surface area contributed by atoms with Crippen LogP contribution in [0.5, 0.6) is 0 Å². The highest BCUT2D eigenvalue weighted by atomic mass is 35.5. The molecular formula is C17H16ClN3. The number of aromatic nitrogens is 1. The van der Waals surface area contributed by atoms with Crippen molar-refractivity contribution in [2.75, 3.05) is 11.1 Å². The number of fused-ring (bicyclic) bond motifs is 1. The van der Waals surface area contributed by atoms with E-state index in [0.29, 0.717) is 10.7 Å². The fraction of sp³-hybridized carbons (Fsp3) is 0.118. The molecule has 0 aliphatic rings. The second-order valence-electron chi connectivity index (χ2n) is 5.20. The highest BCUT2D eigenvalue weighted by Gasteiger charge is 2.07. The van der Waals surface area contributed by atoms with Crippen LogP contribution in [0.3, 0.4) is 0 Å². The van der Waals surface area contributed by atoms with E-state index in [4.69, 9.17) is 17.3 Å². The minimum atomic E-state index is 0.696. The van der Waals surface area contributed by atoms with Gasteiger partial charge in [-0.1, -0.05) is 17.7 Å². The molecule has 0 saturated carbocycles. The van der Waals surface area contributed by atoms with Crippen molar-refractivity contribution >= 4 is 39.6 Å². The zero-order valence-corrected chi connectivity index (χ0v) is 12.7. The Morgan fingerprint density at radius 1 is 1.00 bits per heavy atom. The van der Waals surface area contributed by atoms with Crippen LogP contribution in [0.4, 0.5) is 17.1 Å². The van der Waals surface area contributed by atoms with Gasteiger partial charge in [0, 0.05) is 22.5 Å². The third kappa shape index (κ3) is 2.78. The number of rotatable bonds is 2. The molecule has 0 unspecified atom stereocenters. The van der Waals surface area contributed by atoms with Crippen molar-refractivity contribution in [3.63, 3.8) is 0 Å². The Balaban J connectivity index is 2.13. The number of nitrogen functional groups attached to an aromatic ring is 1. The van der Waals surface area contributed by atoms with E-state index in [1.807, 2.05) is 56.3 Å². The molecule has 1 heterocycles. The van der Waals surface area contributed by atoms with Crippen molar-refractivity contribution < 1.29 is 0 Å². The molecule has 0 saturated heterocycles. The molecule has 0 bridgehead atoms. The number of nitrogens with one attached hydrogen (secondary N) is 1. The Bertz CT molecular complexity index is 828. The molecule has 2 aromatic carbocycles. The number of anilines is 3. The largest absolute Gasteiger partial charge is 0.399 e. The number of nitrogens with two attached hydrogens (primary N) is 1. The van der Waals surface area contributed by atoms with Crippen molar-refractivity contribution in [2.24, 2.45) is 0 Å². The third-order valence-corrected chi connectivity index (χ3v) is 3.67. The lowest BCUT2D eigenvalue weighted by Crippen LogP contribution is -1.96. The normalized spacial score (nSPS) is 10.8. The summed E-state index contributed by atoms with van der Waals surface area (Å²) in [7, 11) is 0. The predicted molar refractivity (Wildman–Crippen MR) is 90.4 cm³/mol. The summed E-state index contributed by atoms with van der Waals surface area (Å²) < 4.78 is 0. The number of benzene rings is 2. The molecule has 4 heteroatoms. The number of nitrogens with zero attached hydrogens (tertiary/aromatic N) is 1. The van der Waals surface area contributed by atoms with Crippen molar-refractivity contribution in [3.05, 3.63) is 58.7 Å². The summed E-state index contributed by atoms with van der Waals surface area (Å²) in [6, 6.07) is 13.7. The highest BCUT2D eigenvalue weighted by Crippen LogP contribution is 2.31. The molecule has 1 aromatic heterocycles. The van der Waals surface area contributed by atoms with Gasteiger partial charge in [-0.3, -0.25) is 4.98 Å². The number of aryl methyl sites for hydroxylation is 2. The maximum Gasteiger partial charge on any atom is 0.0727 e. The molecule has 0 amide bonds. The fourth-order valence-electron chi connectivity index (χ4n) is 2.35.